The molecule has 1 aromatic carbocycles. The highest BCUT2D eigenvalue weighted by molar-refractivity contribution is 5.97. The van der Waals surface area contributed by atoms with E-state index in [0.29, 0.717) is 11.4 Å². The molecule has 126 valence electrons. The fourth-order valence-corrected chi connectivity index (χ4v) is 1.79. The number of carbonyl (C=O) groups is 2. The maximum Gasteiger partial charge on any atom is 0.230 e. The van der Waals surface area contributed by atoms with Crippen LogP contribution >= 0.6 is 0 Å². The van der Waals surface area contributed by atoms with E-state index in [9.17, 15) is 9.59 Å². The van der Waals surface area contributed by atoms with Crippen molar-refractivity contribution < 1.29 is 9.59 Å². The minimum atomic E-state index is -0.563. The van der Waals surface area contributed by atoms with Crippen LogP contribution in [0.25, 0.3) is 0 Å². The largest absolute Gasteiger partial charge is 0.326 e. The Labute approximate surface area is 139 Å². The van der Waals surface area contributed by atoms with Crippen molar-refractivity contribution in [3.05, 3.63) is 36.9 Å². The molecule has 0 radical (unpaired) electrons. The second-order valence-corrected chi connectivity index (χ2v) is 7.49. The maximum atomic E-state index is 12.5. The lowest BCUT2D eigenvalue weighted by molar-refractivity contribution is -0.125. The van der Waals surface area contributed by atoms with Crippen LogP contribution < -0.4 is 10.6 Å². The fourth-order valence-electron chi connectivity index (χ4n) is 1.79. The van der Waals surface area contributed by atoms with Gasteiger partial charge >= 0.3 is 0 Å². The normalized spacial score (nSPS) is 13.1. The third-order valence-electron chi connectivity index (χ3n) is 4.14. The van der Waals surface area contributed by atoms with Crippen molar-refractivity contribution >= 4 is 23.2 Å². The first-order valence-electron chi connectivity index (χ1n) is 7.84. The number of carbonyl (C=O) groups excluding carboxylic acids is 2. The van der Waals surface area contributed by atoms with Gasteiger partial charge in [0.25, 0.3) is 0 Å². The van der Waals surface area contributed by atoms with E-state index in [-0.39, 0.29) is 17.7 Å². The smallest absolute Gasteiger partial charge is 0.230 e. The summed E-state index contributed by atoms with van der Waals surface area (Å²) in [6, 6.07) is 7.17. The SMILES string of the molecule is C=CC(C)C(C)(C)C(=O)Nc1cccc(NC(=O)C(C)(C)C)c1. The Morgan fingerprint density at radius 2 is 1.52 bits per heavy atom. The third-order valence-corrected chi connectivity index (χ3v) is 4.14. The maximum absolute atomic E-state index is 12.5. The first kappa shape index (κ1) is 18.9. The molecular formula is C19H28N2O2. The molecule has 1 atom stereocenters. The van der Waals surface area contributed by atoms with Crippen LogP contribution in [0.5, 0.6) is 0 Å². The molecule has 0 bridgehead atoms. The van der Waals surface area contributed by atoms with Gasteiger partial charge in [0.2, 0.25) is 11.8 Å². The van der Waals surface area contributed by atoms with Crippen molar-refractivity contribution in [2.75, 3.05) is 10.6 Å². The molecule has 4 nitrogen and oxygen atoms in total. The number of anilines is 2. The molecule has 1 aromatic rings. The number of nitrogens with one attached hydrogen (secondary N) is 2. The van der Waals surface area contributed by atoms with Gasteiger partial charge in [-0.05, 0) is 24.1 Å². The Kier molecular flexibility index (Phi) is 5.75. The highest BCUT2D eigenvalue weighted by Gasteiger charge is 2.32. The molecule has 23 heavy (non-hydrogen) atoms. The average molecular weight is 316 g/mol. The van der Waals surface area contributed by atoms with Crippen LogP contribution in [-0.2, 0) is 9.59 Å². The van der Waals surface area contributed by atoms with Crippen LogP contribution in [0.15, 0.2) is 36.9 Å². The van der Waals surface area contributed by atoms with Crippen molar-refractivity contribution in [2.24, 2.45) is 16.7 Å². The Morgan fingerprint density at radius 3 is 1.96 bits per heavy atom. The van der Waals surface area contributed by atoms with E-state index in [2.05, 4.69) is 17.2 Å². The minimum absolute atomic E-state index is 0.0475. The summed E-state index contributed by atoms with van der Waals surface area (Å²) in [6.07, 6.45) is 1.78. The quantitative estimate of drug-likeness (QED) is 0.788. The zero-order chi connectivity index (χ0) is 17.8. The summed E-state index contributed by atoms with van der Waals surface area (Å²) in [6.45, 7) is 15.1. The number of rotatable bonds is 5. The summed E-state index contributed by atoms with van der Waals surface area (Å²) in [5, 5.41) is 5.77. The number of hydrogen-bond donors (Lipinski definition) is 2. The van der Waals surface area contributed by atoms with E-state index in [0.717, 1.165) is 0 Å². The van der Waals surface area contributed by atoms with Gasteiger partial charge in [0.15, 0.2) is 0 Å². The van der Waals surface area contributed by atoms with Crippen LogP contribution in [0.2, 0.25) is 0 Å². The van der Waals surface area contributed by atoms with Crippen LogP contribution in [0, 0.1) is 16.7 Å². The Hall–Kier alpha value is -2.10. The zero-order valence-electron chi connectivity index (χ0n) is 15.0. The molecule has 0 aliphatic carbocycles. The molecule has 2 N–H and O–H groups in total. The summed E-state index contributed by atoms with van der Waals surface area (Å²) < 4.78 is 0. The molecular weight excluding hydrogens is 288 g/mol. The lowest BCUT2D eigenvalue weighted by Crippen LogP contribution is -2.35. The van der Waals surface area contributed by atoms with Gasteiger partial charge in [-0.2, -0.15) is 0 Å². The monoisotopic (exact) mass is 316 g/mol. The number of benzene rings is 1. The van der Waals surface area contributed by atoms with Crippen LogP contribution in [0.4, 0.5) is 11.4 Å². The van der Waals surface area contributed by atoms with Crippen molar-refractivity contribution in [1.82, 2.24) is 0 Å². The summed E-state index contributed by atoms with van der Waals surface area (Å²) in [5.74, 6) is -0.0999. The van der Waals surface area contributed by atoms with Crippen molar-refractivity contribution in [3.63, 3.8) is 0 Å². The average Bonchev–Trinajstić information content (AvgIpc) is 2.45. The first-order chi connectivity index (χ1) is 10.5. The van der Waals surface area contributed by atoms with Crippen LogP contribution in [0.3, 0.4) is 0 Å². The van der Waals surface area contributed by atoms with Crippen molar-refractivity contribution in [1.29, 1.82) is 0 Å². The van der Waals surface area contributed by atoms with E-state index >= 15 is 0 Å². The van der Waals surface area contributed by atoms with Gasteiger partial charge in [-0.15, -0.1) is 6.58 Å². The molecule has 0 aromatic heterocycles. The second-order valence-electron chi connectivity index (χ2n) is 7.49. The summed E-state index contributed by atoms with van der Waals surface area (Å²) >= 11 is 0. The molecule has 1 unspecified atom stereocenters. The molecule has 1 rings (SSSR count). The van der Waals surface area contributed by atoms with Gasteiger partial charge in [-0.1, -0.05) is 53.7 Å². The molecule has 0 saturated heterocycles. The predicted octanol–water partition coefficient (Wildman–Crippen LogP) is 4.46. The topological polar surface area (TPSA) is 58.2 Å². The van der Waals surface area contributed by atoms with Gasteiger partial charge in [0.05, 0.1) is 0 Å². The van der Waals surface area contributed by atoms with Gasteiger partial charge in [0.1, 0.15) is 0 Å². The zero-order valence-corrected chi connectivity index (χ0v) is 15.0. The minimum Gasteiger partial charge on any atom is -0.326 e. The Balaban J connectivity index is 2.88. The number of hydrogen-bond acceptors (Lipinski definition) is 2. The Morgan fingerprint density at radius 1 is 1.04 bits per heavy atom. The lowest BCUT2D eigenvalue weighted by atomic mass is 9.79. The van der Waals surface area contributed by atoms with Gasteiger partial charge < -0.3 is 10.6 Å². The van der Waals surface area contributed by atoms with Crippen molar-refractivity contribution in [2.45, 2.75) is 41.5 Å². The molecule has 0 fully saturated rings. The highest BCUT2D eigenvalue weighted by Crippen LogP contribution is 2.29. The summed E-state index contributed by atoms with van der Waals surface area (Å²) in [5.41, 5.74) is 0.288. The van der Waals surface area contributed by atoms with E-state index in [1.165, 1.54) is 0 Å². The predicted molar refractivity (Wildman–Crippen MR) is 96.3 cm³/mol. The highest BCUT2D eigenvalue weighted by atomic mass is 16.2. The van der Waals surface area contributed by atoms with Gasteiger partial charge in [-0.25, -0.2) is 0 Å². The van der Waals surface area contributed by atoms with Gasteiger partial charge in [0, 0.05) is 22.2 Å². The molecule has 4 heteroatoms. The molecule has 0 aliphatic rings. The van der Waals surface area contributed by atoms with Crippen LogP contribution in [0.1, 0.15) is 41.5 Å². The van der Waals surface area contributed by atoms with E-state index < -0.39 is 10.8 Å². The Bertz CT molecular complexity index is 598. The standard InChI is InChI=1S/C19H28N2O2/c1-8-13(2)19(6,7)17(23)21-15-11-9-10-14(12-15)20-16(22)18(3,4)5/h8-13H,1H2,2-7H3,(H,20,22)(H,21,23). The van der Waals surface area contributed by atoms with E-state index in [4.69, 9.17) is 0 Å². The fraction of sp³-hybridized carbons (Fsp3) is 0.474. The van der Waals surface area contributed by atoms with Crippen LogP contribution in [-0.4, -0.2) is 11.8 Å². The molecule has 0 spiro atoms. The summed E-state index contributed by atoms with van der Waals surface area (Å²) in [7, 11) is 0. The molecule has 2 amide bonds. The number of amides is 2. The lowest BCUT2D eigenvalue weighted by Gasteiger charge is -2.28. The molecule has 0 saturated carbocycles. The van der Waals surface area contributed by atoms with Gasteiger partial charge in [-0.3, -0.25) is 9.59 Å². The van der Waals surface area contributed by atoms with E-state index in [1.807, 2.05) is 41.5 Å². The second kappa shape index (κ2) is 6.99. The molecule has 0 heterocycles. The summed E-state index contributed by atoms with van der Waals surface area (Å²) in [4.78, 5) is 24.5. The van der Waals surface area contributed by atoms with E-state index in [1.54, 1.807) is 30.3 Å². The number of allylic oxidation sites excluding steroid dienone is 1. The first-order valence-corrected chi connectivity index (χ1v) is 7.84. The third kappa shape index (κ3) is 4.95. The molecule has 0 aliphatic heterocycles. The van der Waals surface area contributed by atoms with Crippen molar-refractivity contribution in [3.8, 4) is 0 Å².